The summed E-state index contributed by atoms with van der Waals surface area (Å²) in [5.74, 6) is -2.33. The molecule has 2 unspecified atom stereocenters. The molecule has 2 N–H and O–H groups in total. The van der Waals surface area contributed by atoms with Crippen LogP contribution in [0.5, 0.6) is 0 Å². The Balaban J connectivity index is 0.00000280. The van der Waals surface area contributed by atoms with Crippen molar-refractivity contribution in [2.24, 2.45) is 0 Å². The fourth-order valence-corrected chi connectivity index (χ4v) is 4.47. The third-order valence-electron chi connectivity index (χ3n) is 4.50. The van der Waals surface area contributed by atoms with Gasteiger partial charge < -0.3 is 5.32 Å². The number of nitrogens with zero attached hydrogens (tertiary/aromatic N) is 1. The van der Waals surface area contributed by atoms with Crippen LogP contribution >= 0.6 is 12.4 Å². The van der Waals surface area contributed by atoms with Crippen LogP contribution in [0, 0.1) is 21.7 Å². The molecular weight excluding hydrogens is 416 g/mol. The van der Waals surface area contributed by atoms with E-state index in [1.807, 2.05) is 0 Å². The molecule has 0 saturated carbocycles. The van der Waals surface area contributed by atoms with Gasteiger partial charge in [-0.05, 0) is 36.7 Å². The molecule has 0 spiro atoms. The highest BCUT2D eigenvalue weighted by Crippen LogP contribution is 2.28. The zero-order valence-electron chi connectivity index (χ0n) is 14.5. The maximum Gasteiger partial charge on any atom is 0.270 e. The molecule has 1 aliphatic rings. The maximum atomic E-state index is 13.6. The Hall–Kier alpha value is -2.14. The zero-order chi connectivity index (χ0) is 19.6. The number of hydrogen-bond acceptors (Lipinski definition) is 5. The highest BCUT2D eigenvalue weighted by Gasteiger charge is 2.31. The Morgan fingerprint density at radius 3 is 2.57 bits per heavy atom. The topological polar surface area (TPSA) is 101 Å². The molecule has 3 rings (SSSR count). The van der Waals surface area contributed by atoms with Gasteiger partial charge in [-0.2, -0.15) is 0 Å². The van der Waals surface area contributed by atoms with Gasteiger partial charge in [0.25, 0.3) is 5.69 Å². The Morgan fingerprint density at radius 1 is 1.14 bits per heavy atom. The smallest absolute Gasteiger partial charge is 0.270 e. The number of benzene rings is 2. The Bertz CT molecular complexity index is 975. The van der Waals surface area contributed by atoms with Gasteiger partial charge in [-0.3, -0.25) is 10.1 Å². The Kier molecular flexibility index (Phi) is 7.05. The number of non-ortho nitro benzene ring substituents is 1. The summed E-state index contributed by atoms with van der Waals surface area (Å²) in [7, 11) is -4.04. The molecule has 0 bridgehead atoms. The van der Waals surface area contributed by atoms with Gasteiger partial charge in [0.1, 0.15) is 0 Å². The fraction of sp³-hybridized carbons (Fsp3) is 0.294. The van der Waals surface area contributed by atoms with Gasteiger partial charge in [-0.15, -0.1) is 12.4 Å². The van der Waals surface area contributed by atoms with E-state index in [1.165, 1.54) is 24.3 Å². The highest BCUT2D eigenvalue weighted by atomic mass is 35.5. The number of nitro benzene ring substituents is 1. The molecule has 0 radical (unpaired) electrons. The molecule has 2 atom stereocenters. The van der Waals surface area contributed by atoms with Crippen LogP contribution in [0.15, 0.2) is 47.4 Å². The first-order valence-corrected chi connectivity index (χ1v) is 9.69. The van der Waals surface area contributed by atoms with Gasteiger partial charge in [0.15, 0.2) is 11.6 Å². The highest BCUT2D eigenvalue weighted by molar-refractivity contribution is 7.89. The van der Waals surface area contributed by atoms with Crippen molar-refractivity contribution >= 4 is 28.1 Å². The Labute approximate surface area is 166 Å². The van der Waals surface area contributed by atoms with Crippen LogP contribution < -0.4 is 10.0 Å². The third kappa shape index (κ3) is 4.82. The lowest BCUT2D eigenvalue weighted by atomic mass is 9.86. The number of halogens is 3. The molecule has 2 aromatic rings. The third-order valence-corrected chi connectivity index (χ3v) is 5.99. The van der Waals surface area contributed by atoms with E-state index < -0.39 is 32.6 Å². The van der Waals surface area contributed by atoms with E-state index in [1.54, 1.807) is 0 Å². The molecule has 2 aromatic carbocycles. The summed E-state index contributed by atoms with van der Waals surface area (Å²) >= 11 is 0. The summed E-state index contributed by atoms with van der Waals surface area (Å²) in [6.07, 6.45) is 0.521. The molecule has 1 aliphatic heterocycles. The molecule has 152 valence electrons. The van der Waals surface area contributed by atoms with Gasteiger partial charge >= 0.3 is 0 Å². The van der Waals surface area contributed by atoms with Crippen molar-refractivity contribution in [1.82, 2.24) is 10.0 Å². The van der Waals surface area contributed by atoms with E-state index in [9.17, 15) is 27.3 Å². The molecule has 1 fully saturated rings. The lowest BCUT2D eigenvalue weighted by Gasteiger charge is -2.33. The fourth-order valence-electron chi connectivity index (χ4n) is 3.16. The number of sulfonamides is 1. The van der Waals surface area contributed by atoms with Crippen LogP contribution in [0.4, 0.5) is 14.5 Å². The van der Waals surface area contributed by atoms with E-state index in [0.717, 1.165) is 18.2 Å². The van der Waals surface area contributed by atoms with Crippen LogP contribution in [0.3, 0.4) is 0 Å². The Morgan fingerprint density at radius 2 is 1.89 bits per heavy atom. The second-order valence-corrected chi connectivity index (χ2v) is 7.97. The predicted octanol–water partition coefficient (Wildman–Crippen LogP) is 2.72. The van der Waals surface area contributed by atoms with E-state index in [4.69, 9.17) is 0 Å². The van der Waals surface area contributed by atoms with Crippen molar-refractivity contribution in [3.8, 4) is 0 Å². The molecule has 11 heteroatoms. The maximum absolute atomic E-state index is 13.6. The minimum absolute atomic E-state index is 0. The second-order valence-electron chi connectivity index (χ2n) is 6.26. The first-order chi connectivity index (χ1) is 12.8. The summed E-state index contributed by atoms with van der Waals surface area (Å²) in [6.45, 7) is 0.885. The summed E-state index contributed by atoms with van der Waals surface area (Å²) in [5.41, 5.74) is 0.152. The number of rotatable bonds is 5. The van der Waals surface area contributed by atoms with Crippen molar-refractivity contribution in [1.29, 1.82) is 0 Å². The first kappa shape index (κ1) is 22.2. The second kappa shape index (κ2) is 8.91. The number of nitro groups is 1. The van der Waals surface area contributed by atoms with E-state index in [-0.39, 0.29) is 35.5 Å². The summed E-state index contributed by atoms with van der Waals surface area (Å²) in [6, 6.07) is 7.63. The van der Waals surface area contributed by atoms with Crippen molar-refractivity contribution < 1.29 is 22.1 Å². The molecule has 28 heavy (non-hydrogen) atoms. The normalized spacial score (nSPS) is 19.6. The van der Waals surface area contributed by atoms with Crippen molar-refractivity contribution in [3.05, 3.63) is 69.8 Å². The molecule has 0 aromatic heterocycles. The van der Waals surface area contributed by atoms with Gasteiger partial charge in [0, 0.05) is 30.6 Å². The van der Waals surface area contributed by atoms with E-state index in [0.29, 0.717) is 18.5 Å². The van der Waals surface area contributed by atoms with Crippen molar-refractivity contribution in [3.63, 3.8) is 0 Å². The van der Waals surface area contributed by atoms with Crippen LogP contribution in [0.2, 0.25) is 0 Å². The van der Waals surface area contributed by atoms with Crippen LogP contribution in [-0.4, -0.2) is 32.5 Å². The van der Waals surface area contributed by atoms with Crippen molar-refractivity contribution in [2.75, 3.05) is 13.1 Å². The monoisotopic (exact) mass is 433 g/mol. The molecule has 1 heterocycles. The van der Waals surface area contributed by atoms with Crippen LogP contribution in [-0.2, 0) is 10.0 Å². The number of nitrogens with one attached hydrogen (secondary N) is 2. The van der Waals surface area contributed by atoms with Crippen LogP contribution in [0.25, 0.3) is 0 Å². The molecule has 7 nitrogen and oxygen atoms in total. The molecule has 0 amide bonds. The van der Waals surface area contributed by atoms with Gasteiger partial charge in [0.2, 0.25) is 10.0 Å². The molecular formula is C17H18ClF2N3O4S. The van der Waals surface area contributed by atoms with Crippen molar-refractivity contribution in [2.45, 2.75) is 23.3 Å². The largest absolute Gasteiger partial charge is 0.315 e. The minimum atomic E-state index is -4.04. The molecule has 1 saturated heterocycles. The zero-order valence-corrected chi connectivity index (χ0v) is 16.1. The quantitative estimate of drug-likeness (QED) is 0.557. The lowest BCUT2D eigenvalue weighted by Crippen LogP contribution is -2.49. The number of piperidine rings is 1. The summed E-state index contributed by atoms with van der Waals surface area (Å²) < 4.78 is 54.7. The minimum Gasteiger partial charge on any atom is -0.315 e. The average Bonchev–Trinajstić information content (AvgIpc) is 2.64. The molecule has 0 aliphatic carbocycles. The standard InChI is InChI=1S/C17H17F2N3O4S.ClH/c18-15-5-4-11(8-16(15)19)14-6-7-20-10-17(14)21-27(25,26)13-3-1-2-12(9-13)22(23)24;/h1-5,8-9,14,17,20-21H,6-7,10H2;1H. The van der Waals surface area contributed by atoms with Gasteiger partial charge in [-0.1, -0.05) is 12.1 Å². The van der Waals surface area contributed by atoms with E-state index in [2.05, 4.69) is 10.0 Å². The lowest BCUT2D eigenvalue weighted by molar-refractivity contribution is -0.385. The van der Waals surface area contributed by atoms with Gasteiger partial charge in [-0.25, -0.2) is 21.9 Å². The average molecular weight is 434 g/mol. The van der Waals surface area contributed by atoms with Gasteiger partial charge in [0.05, 0.1) is 9.82 Å². The predicted molar refractivity (Wildman–Crippen MR) is 101 cm³/mol. The van der Waals surface area contributed by atoms with Crippen LogP contribution in [0.1, 0.15) is 17.9 Å². The van der Waals surface area contributed by atoms with E-state index >= 15 is 0 Å². The SMILES string of the molecule is Cl.O=[N+]([O-])c1cccc(S(=O)(=O)NC2CNCCC2c2ccc(F)c(F)c2)c1. The summed E-state index contributed by atoms with van der Waals surface area (Å²) in [4.78, 5) is 9.98. The number of hydrogen-bond donors (Lipinski definition) is 2. The first-order valence-electron chi connectivity index (χ1n) is 8.20. The summed E-state index contributed by atoms with van der Waals surface area (Å²) in [5, 5.41) is 13.9.